The van der Waals surface area contributed by atoms with Gasteiger partial charge in [0.05, 0.1) is 11.8 Å². The van der Waals surface area contributed by atoms with Gasteiger partial charge in [0.25, 0.3) is 0 Å². The molecule has 0 spiro atoms. The summed E-state index contributed by atoms with van der Waals surface area (Å²) in [7, 11) is 0. The first-order valence-corrected chi connectivity index (χ1v) is 7.35. The molecule has 118 valence electrons. The molecule has 3 N–H and O–H groups in total. The fourth-order valence-electron chi connectivity index (χ4n) is 2.29. The summed E-state index contributed by atoms with van der Waals surface area (Å²) >= 11 is 6.05. The van der Waals surface area contributed by atoms with E-state index in [2.05, 4.69) is 15.6 Å². The summed E-state index contributed by atoms with van der Waals surface area (Å²) in [5, 5.41) is 15.2. The first-order valence-electron chi connectivity index (χ1n) is 6.97. The van der Waals surface area contributed by atoms with Gasteiger partial charge in [0.1, 0.15) is 0 Å². The Labute approximate surface area is 131 Å². The second-order valence-electron chi connectivity index (χ2n) is 6.27. The number of carbonyl (C=O) groups is 1. The van der Waals surface area contributed by atoms with Crippen LogP contribution in [-0.4, -0.2) is 28.8 Å². The van der Waals surface area contributed by atoms with Gasteiger partial charge < -0.3 is 15.7 Å². The minimum absolute atomic E-state index is 0.185. The largest absolute Gasteiger partial charge is 0.393 e. The molecule has 1 unspecified atom stereocenters. The normalized spacial score (nSPS) is 12.9. The van der Waals surface area contributed by atoms with Crippen LogP contribution in [0.2, 0.25) is 5.15 Å². The topological polar surface area (TPSA) is 74.2 Å². The lowest BCUT2D eigenvalue weighted by atomic mass is 9.87. The van der Waals surface area contributed by atoms with E-state index in [0.29, 0.717) is 18.7 Å². The number of aliphatic hydroxyl groups excluding tert-OH is 1. The lowest BCUT2D eigenvalue weighted by Crippen LogP contribution is -2.38. The third kappa shape index (κ3) is 5.89. The average molecular weight is 314 g/mol. The lowest BCUT2D eigenvalue weighted by molar-refractivity contribution is 0.129. The Balaban J connectivity index is 2.63. The number of anilines is 1. The van der Waals surface area contributed by atoms with E-state index in [1.807, 2.05) is 33.8 Å². The second kappa shape index (κ2) is 7.09. The quantitative estimate of drug-likeness (QED) is 0.730. The van der Waals surface area contributed by atoms with Crippen LogP contribution in [0.3, 0.4) is 0 Å². The molecule has 1 aromatic heterocycles. The highest BCUT2D eigenvalue weighted by Crippen LogP contribution is 2.25. The number of hydrogen-bond acceptors (Lipinski definition) is 3. The molecule has 21 heavy (non-hydrogen) atoms. The van der Waals surface area contributed by atoms with Crippen molar-refractivity contribution in [2.45, 2.75) is 47.1 Å². The molecule has 1 atom stereocenters. The number of hydrogen-bond donors (Lipinski definition) is 3. The molecule has 0 saturated heterocycles. The molecule has 0 aliphatic carbocycles. The summed E-state index contributed by atoms with van der Waals surface area (Å²) in [6, 6.07) is 1.53. The Bertz CT molecular complexity index is 493. The molecule has 0 aromatic carbocycles. The van der Waals surface area contributed by atoms with E-state index in [-0.39, 0.29) is 16.6 Å². The fourth-order valence-corrected chi connectivity index (χ4v) is 2.62. The number of amides is 2. The van der Waals surface area contributed by atoms with Crippen molar-refractivity contribution in [1.82, 2.24) is 10.3 Å². The van der Waals surface area contributed by atoms with E-state index in [4.69, 9.17) is 11.6 Å². The van der Waals surface area contributed by atoms with Crippen LogP contribution in [0.1, 0.15) is 38.4 Å². The number of halogens is 1. The molecule has 0 fully saturated rings. The number of aryl methyl sites for hydroxylation is 2. The molecule has 2 amide bonds. The maximum Gasteiger partial charge on any atom is 0.319 e. The number of carbonyl (C=O) groups excluding carboxylic acids is 1. The number of nitrogens with one attached hydrogen (secondary N) is 2. The molecule has 1 heterocycles. The summed E-state index contributed by atoms with van der Waals surface area (Å²) < 4.78 is 0. The van der Waals surface area contributed by atoms with E-state index in [9.17, 15) is 9.90 Å². The molecule has 0 radical (unpaired) electrons. The Morgan fingerprint density at radius 1 is 1.48 bits per heavy atom. The van der Waals surface area contributed by atoms with Crippen LogP contribution in [0.5, 0.6) is 0 Å². The Hall–Kier alpha value is -1.33. The van der Waals surface area contributed by atoms with Gasteiger partial charge in [-0.3, -0.25) is 0 Å². The van der Waals surface area contributed by atoms with E-state index >= 15 is 0 Å². The third-order valence-electron chi connectivity index (χ3n) is 3.11. The highest BCUT2D eigenvalue weighted by molar-refractivity contribution is 6.32. The van der Waals surface area contributed by atoms with Crippen molar-refractivity contribution in [2.75, 3.05) is 11.9 Å². The summed E-state index contributed by atoms with van der Waals surface area (Å²) in [6.45, 7) is 9.90. The SMILES string of the molecule is Cc1cc(C)c(NC(=O)NCC(C)(C)CC(C)O)c(Cl)n1. The zero-order valence-electron chi connectivity index (χ0n) is 13.2. The monoisotopic (exact) mass is 313 g/mol. The average Bonchev–Trinajstić information content (AvgIpc) is 2.29. The highest BCUT2D eigenvalue weighted by Gasteiger charge is 2.21. The van der Waals surface area contributed by atoms with Gasteiger partial charge in [0, 0.05) is 12.2 Å². The van der Waals surface area contributed by atoms with Crippen LogP contribution in [0.15, 0.2) is 6.07 Å². The van der Waals surface area contributed by atoms with Crippen LogP contribution < -0.4 is 10.6 Å². The van der Waals surface area contributed by atoms with Gasteiger partial charge in [-0.1, -0.05) is 25.4 Å². The van der Waals surface area contributed by atoms with E-state index < -0.39 is 6.10 Å². The number of aliphatic hydroxyl groups is 1. The molecule has 1 rings (SSSR count). The Morgan fingerprint density at radius 2 is 2.10 bits per heavy atom. The standard InChI is InChI=1S/C15H24ClN3O2/c1-9-6-10(2)18-13(16)12(9)19-14(21)17-8-15(4,5)7-11(3)20/h6,11,20H,7-8H2,1-5H3,(H2,17,19,21). The molecular formula is C15H24ClN3O2. The van der Waals surface area contributed by atoms with Crippen molar-refractivity contribution < 1.29 is 9.90 Å². The molecule has 0 bridgehead atoms. The zero-order valence-corrected chi connectivity index (χ0v) is 14.0. The number of rotatable bonds is 5. The number of urea groups is 1. The molecule has 0 aliphatic heterocycles. The minimum atomic E-state index is -0.400. The first-order chi connectivity index (χ1) is 9.60. The molecule has 6 heteroatoms. The Morgan fingerprint density at radius 3 is 2.62 bits per heavy atom. The van der Waals surface area contributed by atoms with Crippen LogP contribution in [0, 0.1) is 19.3 Å². The smallest absolute Gasteiger partial charge is 0.319 e. The number of nitrogens with zero attached hydrogens (tertiary/aromatic N) is 1. The Kier molecular flexibility index (Phi) is 5.98. The molecule has 0 aliphatic rings. The van der Waals surface area contributed by atoms with Crippen molar-refractivity contribution in [2.24, 2.45) is 5.41 Å². The second-order valence-corrected chi connectivity index (χ2v) is 6.63. The van der Waals surface area contributed by atoms with Crippen LogP contribution in [-0.2, 0) is 0 Å². The predicted octanol–water partition coefficient (Wildman–Crippen LogP) is 3.27. The predicted molar refractivity (Wildman–Crippen MR) is 85.8 cm³/mol. The van der Waals surface area contributed by atoms with Crippen molar-refractivity contribution in [3.8, 4) is 0 Å². The van der Waals surface area contributed by atoms with E-state index in [1.54, 1.807) is 6.92 Å². The summed E-state index contributed by atoms with van der Waals surface area (Å²) in [5.74, 6) is 0. The van der Waals surface area contributed by atoms with Crippen LogP contribution in [0.4, 0.5) is 10.5 Å². The summed E-state index contributed by atoms with van der Waals surface area (Å²) in [6.07, 6.45) is 0.210. The third-order valence-corrected chi connectivity index (χ3v) is 3.39. The zero-order chi connectivity index (χ0) is 16.2. The summed E-state index contributed by atoms with van der Waals surface area (Å²) in [5.41, 5.74) is 2.01. The molecule has 5 nitrogen and oxygen atoms in total. The van der Waals surface area contributed by atoms with Crippen molar-refractivity contribution in [3.63, 3.8) is 0 Å². The lowest BCUT2D eigenvalue weighted by Gasteiger charge is -2.26. The van der Waals surface area contributed by atoms with Crippen molar-refractivity contribution in [3.05, 3.63) is 22.5 Å². The van der Waals surface area contributed by atoms with E-state index in [0.717, 1.165) is 11.3 Å². The summed E-state index contributed by atoms with van der Waals surface area (Å²) in [4.78, 5) is 16.1. The van der Waals surface area contributed by atoms with Crippen molar-refractivity contribution in [1.29, 1.82) is 0 Å². The molecule has 1 aromatic rings. The molecular weight excluding hydrogens is 290 g/mol. The number of pyridine rings is 1. The van der Waals surface area contributed by atoms with Gasteiger partial charge in [0.15, 0.2) is 5.15 Å². The van der Waals surface area contributed by atoms with Gasteiger partial charge >= 0.3 is 6.03 Å². The van der Waals surface area contributed by atoms with Gasteiger partial charge in [-0.2, -0.15) is 0 Å². The van der Waals surface area contributed by atoms with Crippen LogP contribution >= 0.6 is 11.6 Å². The maximum absolute atomic E-state index is 12.0. The molecule has 0 saturated carbocycles. The van der Waals surface area contributed by atoms with E-state index in [1.165, 1.54) is 0 Å². The maximum atomic E-state index is 12.0. The van der Waals surface area contributed by atoms with Crippen LogP contribution in [0.25, 0.3) is 0 Å². The highest BCUT2D eigenvalue weighted by atomic mass is 35.5. The van der Waals surface area contributed by atoms with Crippen molar-refractivity contribution >= 4 is 23.3 Å². The van der Waals surface area contributed by atoms with Gasteiger partial charge in [-0.05, 0) is 44.2 Å². The fraction of sp³-hybridized carbons (Fsp3) is 0.600. The minimum Gasteiger partial charge on any atom is -0.393 e. The van der Waals surface area contributed by atoms with Gasteiger partial charge in [-0.15, -0.1) is 0 Å². The number of aromatic nitrogens is 1. The first kappa shape index (κ1) is 17.7. The van der Waals surface area contributed by atoms with Gasteiger partial charge in [0.2, 0.25) is 0 Å². The van der Waals surface area contributed by atoms with Gasteiger partial charge in [-0.25, -0.2) is 9.78 Å².